The minimum Gasteiger partial charge on any atom is -0.389 e. The van der Waals surface area contributed by atoms with Gasteiger partial charge in [0, 0.05) is 12.6 Å². The summed E-state index contributed by atoms with van der Waals surface area (Å²) in [4.78, 5) is 0. The number of hydrogen-bond acceptors (Lipinski definition) is 3. The molecule has 0 amide bonds. The second-order valence-electron chi connectivity index (χ2n) is 25.1. The number of aliphatic hydroxyl groups is 1. The largest absolute Gasteiger partial charge is 0.389 e. The summed E-state index contributed by atoms with van der Waals surface area (Å²) in [5.74, 6) is 2.11. The maximum Gasteiger partial charge on any atom is 0.0726 e. The van der Waals surface area contributed by atoms with Gasteiger partial charge in [-0.05, 0) is 115 Å². The van der Waals surface area contributed by atoms with Crippen LogP contribution in [-0.4, -0.2) is 29.0 Å². The van der Waals surface area contributed by atoms with Gasteiger partial charge in [-0.1, -0.05) is 201 Å². The Hall–Kier alpha value is -0.120. The van der Waals surface area contributed by atoms with Crippen molar-refractivity contribution in [2.45, 2.75) is 289 Å². The molecule has 6 aliphatic rings. The molecule has 2 unspecified atom stereocenters. The van der Waals surface area contributed by atoms with E-state index < -0.39 is 0 Å². The molecular weight excluding hydrogens is 683 g/mol. The van der Waals surface area contributed by atoms with Crippen molar-refractivity contribution in [2.75, 3.05) is 7.11 Å². The molecule has 0 aromatic carbocycles. The van der Waals surface area contributed by atoms with E-state index in [-0.39, 0.29) is 35.0 Å². The van der Waals surface area contributed by atoms with E-state index in [2.05, 4.69) is 104 Å². The summed E-state index contributed by atoms with van der Waals surface area (Å²) in [5, 5.41) is 10.2. The van der Waals surface area contributed by atoms with E-state index in [1.165, 1.54) is 148 Å². The van der Waals surface area contributed by atoms with Crippen LogP contribution in [0.4, 0.5) is 0 Å². The van der Waals surface area contributed by atoms with Gasteiger partial charge in [0.05, 0.1) is 11.2 Å². The Kier molecular flexibility index (Phi) is 20.8. The van der Waals surface area contributed by atoms with E-state index in [0.29, 0.717) is 16.2 Å². The highest BCUT2D eigenvalue weighted by atomic mass is 16.5. The van der Waals surface area contributed by atoms with Crippen LogP contribution in [0.25, 0.3) is 0 Å². The van der Waals surface area contributed by atoms with Crippen molar-refractivity contribution in [1.82, 2.24) is 0 Å². The quantitative estimate of drug-likeness (QED) is 0.278. The highest BCUT2D eigenvalue weighted by molar-refractivity contribution is 5.10. The molecule has 3 heteroatoms. The molecule has 3 N–H and O–H groups in total. The molecule has 0 radical (unpaired) electrons. The van der Waals surface area contributed by atoms with Crippen LogP contribution in [0.5, 0.6) is 0 Å². The number of methoxy groups -OCH3 is 1. The summed E-state index contributed by atoms with van der Waals surface area (Å²) in [6, 6.07) is 0. The fourth-order valence-electron chi connectivity index (χ4n) is 11.4. The molecule has 0 aromatic heterocycles. The standard InChI is InChI=1S/C11H22O.C11H20.C10H21N.C10H20O.C10H20.CH4/c1-10(2,3)11(12-4)8-6-5-7-9-11;1-10(2,3)11-7-5-4-6-9(11)8-11;2*1-9(2,3)10(11)7-5-4-6-8-10;1-10(2,3)9-7-5-4-6-8-9;/h5-9H2,1-4H3;9H,4-8H2,1-3H3;4-8,11H2,1-3H3;11H,4-8H2,1-3H3;9H,4-8H2,1-3H3;1H4. The zero-order chi connectivity index (χ0) is 42.0. The van der Waals surface area contributed by atoms with Gasteiger partial charge < -0.3 is 15.6 Å². The van der Waals surface area contributed by atoms with Gasteiger partial charge in [-0.15, -0.1) is 0 Å². The normalized spacial score (nSPS) is 27.6. The SMILES string of the molecule is C.CC(C)(C)C1(N)CCCCC1.CC(C)(C)C1(O)CCCCC1.CC(C)(C)C12CCCCC1C2.CC(C)(C)C1CCCCC1.COC1(C(C)(C)C)CCCCC1. The summed E-state index contributed by atoms with van der Waals surface area (Å²) in [6.45, 7) is 34.5. The lowest BCUT2D eigenvalue weighted by Gasteiger charge is -2.46. The first kappa shape index (κ1) is 53.9. The van der Waals surface area contributed by atoms with Crippen LogP contribution in [0.2, 0.25) is 0 Å². The fraction of sp³-hybridized carbons (Fsp3) is 1.00. The van der Waals surface area contributed by atoms with Crippen molar-refractivity contribution >= 4 is 0 Å². The van der Waals surface area contributed by atoms with Crippen molar-refractivity contribution < 1.29 is 9.84 Å². The molecule has 0 heterocycles. The van der Waals surface area contributed by atoms with Gasteiger partial charge >= 0.3 is 0 Å². The molecule has 0 aromatic rings. The van der Waals surface area contributed by atoms with Gasteiger partial charge in [0.25, 0.3) is 0 Å². The highest BCUT2D eigenvalue weighted by Crippen LogP contribution is 2.69. The second kappa shape index (κ2) is 21.6. The first-order chi connectivity index (χ1) is 25.1. The summed E-state index contributed by atoms with van der Waals surface area (Å²) in [5.41, 5.74) is 8.80. The summed E-state index contributed by atoms with van der Waals surface area (Å²) < 4.78 is 5.74. The van der Waals surface area contributed by atoms with E-state index in [1.807, 2.05) is 7.11 Å². The van der Waals surface area contributed by atoms with Crippen LogP contribution in [-0.2, 0) is 4.74 Å². The van der Waals surface area contributed by atoms with E-state index in [1.54, 1.807) is 0 Å². The molecule has 0 aliphatic heterocycles. The third-order valence-corrected chi connectivity index (χ3v) is 16.7. The lowest BCUT2D eigenvalue weighted by molar-refractivity contribution is -0.115. The monoisotopic (exact) mass is 790 g/mol. The smallest absolute Gasteiger partial charge is 0.0726 e. The molecule has 336 valence electrons. The highest BCUT2D eigenvalue weighted by Gasteiger charge is 2.60. The van der Waals surface area contributed by atoms with E-state index in [4.69, 9.17) is 10.5 Å². The third-order valence-electron chi connectivity index (χ3n) is 16.7. The molecule has 0 bridgehead atoms. The van der Waals surface area contributed by atoms with Gasteiger partial charge in [-0.3, -0.25) is 0 Å². The van der Waals surface area contributed by atoms with Crippen molar-refractivity contribution in [2.24, 2.45) is 50.1 Å². The topological polar surface area (TPSA) is 55.5 Å². The Balaban J connectivity index is 0.000000349. The molecule has 0 saturated heterocycles. The predicted octanol–water partition coefficient (Wildman–Crippen LogP) is 16.7. The summed E-state index contributed by atoms with van der Waals surface area (Å²) >= 11 is 0. The van der Waals surface area contributed by atoms with E-state index in [0.717, 1.165) is 30.1 Å². The third kappa shape index (κ3) is 15.1. The van der Waals surface area contributed by atoms with Crippen LogP contribution in [0.15, 0.2) is 0 Å². The minimum absolute atomic E-state index is 0. The van der Waals surface area contributed by atoms with Gasteiger partial charge in [0.2, 0.25) is 0 Å². The van der Waals surface area contributed by atoms with Gasteiger partial charge in [0.1, 0.15) is 0 Å². The molecule has 6 saturated carbocycles. The predicted molar refractivity (Wildman–Crippen MR) is 250 cm³/mol. The van der Waals surface area contributed by atoms with Crippen LogP contribution in [0, 0.1) is 44.3 Å². The molecule has 6 fully saturated rings. The first-order valence-corrected chi connectivity index (χ1v) is 24.2. The molecule has 56 heavy (non-hydrogen) atoms. The van der Waals surface area contributed by atoms with Crippen molar-refractivity contribution in [3.05, 3.63) is 0 Å². The van der Waals surface area contributed by atoms with Gasteiger partial charge in [0.15, 0.2) is 0 Å². The van der Waals surface area contributed by atoms with Crippen LogP contribution in [0.1, 0.15) is 272 Å². The number of hydrogen-bond donors (Lipinski definition) is 2. The van der Waals surface area contributed by atoms with Crippen LogP contribution in [0.3, 0.4) is 0 Å². The molecule has 0 spiro atoms. The van der Waals surface area contributed by atoms with Gasteiger partial charge in [-0.2, -0.15) is 0 Å². The van der Waals surface area contributed by atoms with Gasteiger partial charge in [-0.25, -0.2) is 0 Å². The van der Waals surface area contributed by atoms with E-state index in [9.17, 15) is 5.11 Å². The maximum atomic E-state index is 10.2. The first-order valence-electron chi connectivity index (χ1n) is 24.2. The molecule has 6 rings (SSSR count). The second-order valence-corrected chi connectivity index (χ2v) is 25.1. The Morgan fingerprint density at radius 1 is 0.464 bits per heavy atom. The average Bonchev–Trinajstić information content (AvgIpc) is 3.86. The summed E-state index contributed by atoms with van der Waals surface area (Å²) in [7, 11) is 1.87. The number of ether oxygens (including phenoxy) is 1. The molecule has 2 atom stereocenters. The molecular formula is C53H107NO2. The maximum absolute atomic E-state index is 10.2. The Morgan fingerprint density at radius 3 is 1.12 bits per heavy atom. The van der Waals surface area contributed by atoms with Crippen molar-refractivity contribution in [3.63, 3.8) is 0 Å². The van der Waals surface area contributed by atoms with Crippen molar-refractivity contribution in [1.29, 1.82) is 0 Å². The van der Waals surface area contributed by atoms with Crippen LogP contribution >= 0.6 is 0 Å². The number of fused-ring (bicyclic) bond motifs is 1. The fourth-order valence-corrected chi connectivity index (χ4v) is 11.4. The number of nitrogens with two attached hydrogens (primary N) is 1. The average molecular weight is 790 g/mol. The Morgan fingerprint density at radius 2 is 0.857 bits per heavy atom. The Bertz CT molecular complexity index is 990. The Labute approximate surface area is 354 Å². The van der Waals surface area contributed by atoms with E-state index >= 15 is 0 Å². The molecule has 6 aliphatic carbocycles. The zero-order valence-corrected chi connectivity index (χ0v) is 40.8. The van der Waals surface area contributed by atoms with Crippen molar-refractivity contribution in [3.8, 4) is 0 Å². The van der Waals surface area contributed by atoms with Crippen LogP contribution < -0.4 is 5.73 Å². The summed E-state index contributed by atoms with van der Waals surface area (Å²) in [6.07, 6.45) is 33.7. The molecule has 3 nitrogen and oxygen atoms in total. The lowest BCUT2D eigenvalue weighted by atomic mass is 9.66. The lowest BCUT2D eigenvalue weighted by Crippen LogP contribution is -2.52. The number of rotatable bonds is 1. The minimum atomic E-state index is -0.384. The zero-order valence-electron chi connectivity index (χ0n) is 40.8.